The lowest BCUT2D eigenvalue weighted by atomic mass is 10.2. The van der Waals surface area contributed by atoms with Gasteiger partial charge in [-0.05, 0) is 23.8 Å². The molecule has 2 heterocycles. The zero-order chi connectivity index (χ0) is 24.2. The van der Waals surface area contributed by atoms with Gasteiger partial charge in [-0.15, -0.1) is 10.2 Å². The summed E-state index contributed by atoms with van der Waals surface area (Å²) >= 11 is 1.20. The maximum Gasteiger partial charge on any atom is 0.292 e. The van der Waals surface area contributed by atoms with Crippen LogP contribution in [0.4, 0.5) is 11.4 Å². The van der Waals surface area contributed by atoms with E-state index in [0.29, 0.717) is 29.0 Å². The molecule has 35 heavy (non-hydrogen) atoms. The van der Waals surface area contributed by atoms with Crippen LogP contribution in [0, 0.1) is 10.1 Å². The number of nitrogens with zero attached hydrogens (tertiary/aromatic N) is 4. The molecule has 5 rings (SSSR count). The molecular formula is C24H19N5O5S. The van der Waals surface area contributed by atoms with Crippen LogP contribution in [0.15, 0.2) is 78.0 Å². The predicted octanol–water partition coefficient (Wildman–Crippen LogP) is 4.36. The second-order valence-corrected chi connectivity index (χ2v) is 8.50. The summed E-state index contributed by atoms with van der Waals surface area (Å²) in [6.07, 6.45) is 0. The molecule has 0 atom stereocenters. The number of hydrogen-bond donors (Lipinski definition) is 1. The number of aromatic nitrogens is 3. The Hall–Kier alpha value is -4.38. The van der Waals surface area contributed by atoms with Crippen LogP contribution in [-0.4, -0.2) is 38.1 Å². The second kappa shape index (κ2) is 9.85. The number of thioether (sulfide) groups is 1. The number of nitro groups is 1. The molecule has 0 radical (unpaired) electrons. The van der Waals surface area contributed by atoms with E-state index in [1.165, 1.54) is 23.9 Å². The fourth-order valence-electron chi connectivity index (χ4n) is 3.62. The molecular weight excluding hydrogens is 470 g/mol. The van der Waals surface area contributed by atoms with Gasteiger partial charge in [-0.1, -0.05) is 60.3 Å². The number of carbonyl (C=O) groups is 1. The van der Waals surface area contributed by atoms with Gasteiger partial charge in [-0.25, -0.2) is 0 Å². The smallest absolute Gasteiger partial charge is 0.292 e. The highest BCUT2D eigenvalue weighted by atomic mass is 32.2. The molecule has 1 aliphatic heterocycles. The number of ether oxygens (including phenoxy) is 2. The van der Waals surface area contributed by atoms with Gasteiger partial charge in [-0.3, -0.25) is 19.5 Å². The molecule has 1 aromatic heterocycles. The van der Waals surface area contributed by atoms with Gasteiger partial charge < -0.3 is 14.8 Å². The van der Waals surface area contributed by atoms with Crippen molar-refractivity contribution in [1.82, 2.24) is 14.8 Å². The van der Waals surface area contributed by atoms with E-state index in [1.807, 2.05) is 53.1 Å². The van der Waals surface area contributed by atoms with Crippen molar-refractivity contribution in [3.8, 4) is 22.9 Å². The van der Waals surface area contributed by atoms with E-state index in [1.54, 1.807) is 12.1 Å². The van der Waals surface area contributed by atoms with Crippen LogP contribution in [0.5, 0.6) is 11.5 Å². The first-order valence-electron chi connectivity index (χ1n) is 10.6. The molecule has 0 unspecified atom stereocenters. The van der Waals surface area contributed by atoms with Gasteiger partial charge in [0.05, 0.1) is 17.2 Å². The Balaban J connectivity index is 1.37. The van der Waals surface area contributed by atoms with Gasteiger partial charge in [0.15, 0.2) is 22.5 Å². The number of nitrogens with one attached hydrogen (secondary N) is 1. The Morgan fingerprint density at radius 3 is 2.63 bits per heavy atom. The molecule has 0 saturated heterocycles. The molecule has 1 amide bonds. The van der Waals surface area contributed by atoms with Gasteiger partial charge in [0.25, 0.3) is 5.69 Å². The molecule has 3 aromatic carbocycles. The molecule has 10 nitrogen and oxygen atoms in total. The first-order chi connectivity index (χ1) is 17.1. The highest BCUT2D eigenvalue weighted by molar-refractivity contribution is 7.99. The fraction of sp³-hybridized carbons (Fsp3) is 0.125. The third-order valence-electron chi connectivity index (χ3n) is 5.23. The van der Waals surface area contributed by atoms with Crippen molar-refractivity contribution in [1.29, 1.82) is 0 Å². The van der Waals surface area contributed by atoms with E-state index in [2.05, 4.69) is 15.5 Å². The molecule has 1 aliphatic rings. The first-order valence-corrected chi connectivity index (χ1v) is 11.6. The summed E-state index contributed by atoms with van der Waals surface area (Å²) < 4.78 is 12.8. The number of amides is 1. The van der Waals surface area contributed by atoms with Gasteiger partial charge in [0.1, 0.15) is 5.69 Å². The predicted molar refractivity (Wildman–Crippen MR) is 130 cm³/mol. The van der Waals surface area contributed by atoms with Crippen LogP contribution in [0.3, 0.4) is 0 Å². The third-order valence-corrected chi connectivity index (χ3v) is 6.20. The van der Waals surface area contributed by atoms with Crippen molar-refractivity contribution in [2.24, 2.45) is 0 Å². The molecule has 4 aromatic rings. The number of nitro benzene ring substituents is 1. The van der Waals surface area contributed by atoms with Crippen molar-refractivity contribution in [2.45, 2.75) is 11.7 Å². The molecule has 0 bridgehead atoms. The van der Waals surface area contributed by atoms with E-state index in [-0.39, 0.29) is 29.8 Å². The van der Waals surface area contributed by atoms with Crippen LogP contribution >= 0.6 is 11.8 Å². The van der Waals surface area contributed by atoms with E-state index >= 15 is 0 Å². The maximum atomic E-state index is 12.6. The summed E-state index contributed by atoms with van der Waals surface area (Å²) in [4.78, 5) is 23.3. The number of benzene rings is 3. The van der Waals surface area contributed by atoms with E-state index in [9.17, 15) is 14.9 Å². The van der Waals surface area contributed by atoms with E-state index in [4.69, 9.17) is 9.47 Å². The number of carbonyl (C=O) groups excluding carboxylic acids is 1. The number of rotatable bonds is 8. The highest BCUT2D eigenvalue weighted by Crippen LogP contribution is 2.34. The molecule has 0 fully saturated rings. The Morgan fingerprint density at radius 2 is 1.80 bits per heavy atom. The third kappa shape index (κ3) is 4.94. The highest BCUT2D eigenvalue weighted by Gasteiger charge is 2.20. The van der Waals surface area contributed by atoms with Gasteiger partial charge in [0.2, 0.25) is 12.7 Å². The molecule has 1 N–H and O–H groups in total. The lowest BCUT2D eigenvalue weighted by Crippen LogP contribution is -2.15. The van der Waals surface area contributed by atoms with Crippen molar-refractivity contribution < 1.29 is 19.2 Å². The second-order valence-electron chi connectivity index (χ2n) is 7.56. The van der Waals surface area contributed by atoms with Crippen molar-refractivity contribution in [3.63, 3.8) is 0 Å². The maximum absolute atomic E-state index is 12.6. The SMILES string of the molecule is O=C(CSc1nnc(-c2ccccc2)n1Cc1ccc2c(c1)OCO2)Nc1ccccc1[N+](=O)[O-]. The largest absolute Gasteiger partial charge is 0.454 e. The molecule has 0 spiro atoms. The zero-order valence-electron chi connectivity index (χ0n) is 18.3. The lowest BCUT2D eigenvalue weighted by Gasteiger charge is -2.11. The summed E-state index contributed by atoms with van der Waals surface area (Å²) in [6.45, 7) is 0.637. The average Bonchev–Trinajstić information content (AvgIpc) is 3.50. The number of para-hydroxylation sites is 2. The van der Waals surface area contributed by atoms with E-state index < -0.39 is 4.92 Å². The average molecular weight is 490 g/mol. The Labute approximate surface area is 204 Å². The van der Waals surface area contributed by atoms with Crippen molar-refractivity contribution >= 4 is 29.0 Å². The fourth-order valence-corrected chi connectivity index (χ4v) is 4.35. The molecule has 0 saturated carbocycles. The lowest BCUT2D eigenvalue weighted by molar-refractivity contribution is -0.383. The quantitative estimate of drug-likeness (QED) is 0.220. The minimum absolute atomic E-state index is 0.000110. The topological polar surface area (TPSA) is 121 Å². The summed E-state index contributed by atoms with van der Waals surface area (Å²) in [5, 5.41) is 23.1. The Morgan fingerprint density at radius 1 is 1.03 bits per heavy atom. The minimum atomic E-state index is -0.531. The number of fused-ring (bicyclic) bond motifs is 1. The Bertz CT molecular complexity index is 1390. The van der Waals surface area contributed by atoms with Crippen molar-refractivity contribution in [2.75, 3.05) is 17.9 Å². The van der Waals surface area contributed by atoms with Gasteiger partial charge >= 0.3 is 0 Å². The number of anilines is 1. The van der Waals surface area contributed by atoms with Crippen LogP contribution in [0.1, 0.15) is 5.56 Å². The number of hydrogen-bond acceptors (Lipinski definition) is 8. The summed E-state index contributed by atoms with van der Waals surface area (Å²) in [5.41, 5.74) is 1.83. The van der Waals surface area contributed by atoms with Gasteiger partial charge in [0, 0.05) is 11.6 Å². The molecule has 11 heteroatoms. The van der Waals surface area contributed by atoms with Crippen LogP contribution in [-0.2, 0) is 11.3 Å². The minimum Gasteiger partial charge on any atom is -0.454 e. The van der Waals surface area contributed by atoms with Crippen molar-refractivity contribution in [3.05, 3.63) is 88.5 Å². The molecule has 0 aliphatic carbocycles. The molecule has 176 valence electrons. The van der Waals surface area contributed by atoms with E-state index in [0.717, 1.165) is 11.1 Å². The van der Waals surface area contributed by atoms with Crippen LogP contribution in [0.2, 0.25) is 0 Å². The van der Waals surface area contributed by atoms with Crippen LogP contribution in [0.25, 0.3) is 11.4 Å². The standard InChI is InChI=1S/C24H19N5O5S/c30-22(25-18-8-4-5-9-19(18)29(31)32)14-35-24-27-26-23(17-6-2-1-3-7-17)28(24)13-16-10-11-20-21(12-16)34-15-33-20/h1-12H,13-15H2,(H,25,30). The Kier molecular flexibility index (Phi) is 6.31. The van der Waals surface area contributed by atoms with Crippen LogP contribution < -0.4 is 14.8 Å². The summed E-state index contributed by atoms with van der Waals surface area (Å²) in [5.74, 6) is 1.64. The summed E-state index contributed by atoms with van der Waals surface area (Å²) in [7, 11) is 0. The zero-order valence-corrected chi connectivity index (χ0v) is 19.1. The normalized spacial score (nSPS) is 11.9. The monoisotopic (exact) mass is 489 g/mol. The van der Waals surface area contributed by atoms with Gasteiger partial charge in [-0.2, -0.15) is 0 Å². The summed E-state index contributed by atoms with van der Waals surface area (Å²) in [6, 6.07) is 21.4. The first kappa shape index (κ1) is 22.4.